The maximum Gasteiger partial charge on any atom is 0.407 e. The number of aromatic nitrogens is 1. The smallest absolute Gasteiger partial charge is 0.407 e. The summed E-state index contributed by atoms with van der Waals surface area (Å²) in [6.07, 6.45) is 1.85. The number of carbonyl (C=O) groups excluding carboxylic acids is 3. The topological polar surface area (TPSA) is 87.1 Å². The Morgan fingerprint density at radius 1 is 1.10 bits per heavy atom. The van der Waals surface area contributed by atoms with E-state index in [-0.39, 0.29) is 31.0 Å². The number of nitrogens with one attached hydrogen (secondary N) is 1. The third kappa shape index (κ3) is 7.48. The Balaban J connectivity index is 1.60. The van der Waals surface area contributed by atoms with Gasteiger partial charge in [0.05, 0.1) is 6.67 Å². The van der Waals surface area contributed by atoms with Crippen LogP contribution < -0.4 is 10.2 Å². The quantitative estimate of drug-likeness (QED) is 0.300. The molecule has 1 aliphatic heterocycles. The fourth-order valence-corrected chi connectivity index (χ4v) is 5.07. The van der Waals surface area contributed by atoms with E-state index in [9.17, 15) is 18.8 Å². The molecular formula is C32H40FN5O4. The van der Waals surface area contributed by atoms with E-state index in [4.69, 9.17) is 4.74 Å². The molecule has 9 nitrogen and oxygen atoms in total. The number of anilines is 1. The Morgan fingerprint density at radius 3 is 2.50 bits per heavy atom. The van der Waals surface area contributed by atoms with Gasteiger partial charge in [0.2, 0.25) is 0 Å². The number of ether oxygens (including phenoxy) is 1. The molecule has 1 aromatic heterocycles. The zero-order chi connectivity index (χ0) is 30.4. The molecule has 224 valence electrons. The summed E-state index contributed by atoms with van der Waals surface area (Å²) in [6, 6.07) is 17.1. The molecule has 0 bridgehead atoms. The van der Waals surface area contributed by atoms with E-state index in [1.165, 1.54) is 12.1 Å². The number of halogens is 1. The van der Waals surface area contributed by atoms with E-state index >= 15 is 0 Å². The van der Waals surface area contributed by atoms with E-state index < -0.39 is 17.9 Å². The molecule has 1 unspecified atom stereocenters. The summed E-state index contributed by atoms with van der Waals surface area (Å²) in [4.78, 5) is 45.1. The fourth-order valence-electron chi connectivity index (χ4n) is 5.07. The summed E-state index contributed by atoms with van der Waals surface area (Å²) in [5, 5.41) is 2.77. The molecule has 0 saturated carbocycles. The number of nitrogens with zero attached hydrogens (tertiary/aromatic N) is 4. The van der Waals surface area contributed by atoms with Gasteiger partial charge in [-0.2, -0.15) is 0 Å². The summed E-state index contributed by atoms with van der Waals surface area (Å²) >= 11 is 0. The predicted octanol–water partition coefficient (Wildman–Crippen LogP) is 5.98. The number of hydrogen-bond donors (Lipinski definition) is 1. The van der Waals surface area contributed by atoms with E-state index in [0.717, 1.165) is 5.56 Å². The zero-order valence-electron chi connectivity index (χ0n) is 25.0. The Morgan fingerprint density at radius 2 is 1.83 bits per heavy atom. The third-order valence-electron chi connectivity index (χ3n) is 6.97. The summed E-state index contributed by atoms with van der Waals surface area (Å²) in [5.41, 5.74) is 1.67. The highest BCUT2D eigenvalue weighted by Crippen LogP contribution is 2.29. The number of fused-ring (bicyclic) bond motifs is 1. The van der Waals surface area contributed by atoms with Gasteiger partial charge in [-0.25, -0.2) is 14.0 Å². The predicted molar refractivity (Wildman–Crippen MR) is 160 cm³/mol. The van der Waals surface area contributed by atoms with Crippen LogP contribution in [0.4, 0.5) is 19.8 Å². The molecule has 1 aliphatic rings. The number of hydrogen-bond acceptors (Lipinski definition) is 5. The van der Waals surface area contributed by atoms with Gasteiger partial charge < -0.3 is 24.8 Å². The van der Waals surface area contributed by atoms with Gasteiger partial charge in [-0.3, -0.25) is 9.36 Å². The Kier molecular flexibility index (Phi) is 9.55. The molecular weight excluding hydrogens is 537 g/mol. The van der Waals surface area contributed by atoms with Crippen molar-refractivity contribution in [2.75, 3.05) is 24.7 Å². The number of alkyl carbamates (subject to hydrolysis) is 1. The van der Waals surface area contributed by atoms with Crippen molar-refractivity contribution in [1.82, 2.24) is 19.7 Å². The molecule has 3 amide bonds. The van der Waals surface area contributed by atoms with Gasteiger partial charge in [-0.1, -0.05) is 36.8 Å². The van der Waals surface area contributed by atoms with E-state index in [2.05, 4.69) is 5.32 Å². The minimum absolute atomic E-state index is 0.147. The van der Waals surface area contributed by atoms with Crippen molar-refractivity contribution in [3.63, 3.8) is 0 Å². The molecule has 4 rings (SSSR count). The largest absolute Gasteiger partial charge is 0.444 e. The van der Waals surface area contributed by atoms with Crippen molar-refractivity contribution in [2.24, 2.45) is 0 Å². The lowest BCUT2D eigenvalue weighted by molar-refractivity contribution is 0.0523. The molecule has 0 aliphatic carbocycles. The van der Waals surface area contributed by atoms with Gasteiger partial charge in [0, 0.05) is 31.4 Å². The van der Waals surface area contributed by atoms with Crippen molar-refractivity contribution >= 4 is 23.8 Å². The molecule has 10 heteroatoms. The van der Waals surface area contributed by atoms with Gasteiger partial charge >= 0.3 is 12.1 Å². The van der Waals surface area contributed by atoms with Crippen LogP contribution in [-0.4, -0.2) is 63.9 Å². The van der Waals surface area contributed by atoms with Gasteiger partial charge in [0.25, 0.3) is 5.91 Å². The van der Waals surface area contributed by atoms with Crippen molar-refractivity contribution in [3.05, 3.63) is 89.4 Å². The summed E-state index contributed by atoms with van der Waals surface area (Å²) in [7, 11) is 0. The summed E-state index contributed by atoms with van der Waals surface area (Å²) in [6.45, 7) is 10.5. The zero-order valence-corrected chi connectivity index (χ0v) is 25.0. The normalized spacial score (nSPS) is 13.9. The van der Waals surface area contributed by atoms with Gasteiger partial charge in [0.15, 0.2) is 0 Å². The van der Waals surface area contributed by atoms with E-state index in [1.54, 1.807) is 59.5 Å². The van der Waals surface area contributed by atoms with Gasteiger partial charge in [-0.05, 0) is 82.5 Å². The maximum atomic E-state index is 14.0. The second-order valence-corrected chi connectivity index (χ2v) is 11.5. The minimum Gasteiger partial charge on any atom is -0.444 e. The van der Waals surface area contributed by atoms with Crippen LogP contribution in [0.25, 0.3) is 0 Å². The molecule has 0 spiro atoms. The number of aryl methyl sites for hydroxylation is 1. The average molecular weight is 578 g/mol. The van der Waals surface area contributed by atoms with Crippen LogP contribution in [0.5, 0.6) is 0 Å². The highest BCUT2D eigenvalue weighted by atomic mass is 19.1. The van der Waals surface area contributed by atoms with Crippen LogP contribution >= 0.6 is 0 Å². The highest BCUT2D eigenvalue weighted by Gasteiger charge is 2.36. The number of amides is 3. The number of carbonyl (C=O) groups is 3. The van der Waals surface area contributed by atoms with Crippen molar-refractivity contribution in [1.29, 1.82) is 0 Å². The van der Waals surface area contributed by atoms with Gasteiger partial charge in [-0.15, -0.1) is 0 Å². The molecule has 3 aromatic rings. The molecule has 1 N–H and O–H groups in total. The third-order valence-corrected chi connectivity index (χ3v) is 6.97. The van der Waals surface area contributed by atoms with Crippen molar-refractivity contribution in [2.45, 2.75) is 65.8 Å². The Hall–Kier alpha value is -4.34. The lowest BCUT2D eigenvalue weighted by atomic mass is 10.1. The Bertz CT molecular complexity index is 1400. The molecule has 0 saturated heterocycles. The van der Waals surface area contributed by atoms with Crippen LogP contribution in [0.2, 0.25) is 0 Å². The van der Waals surface area contributed by atoms with Gasteiger partial charge in [0.1, 0.15) is 23.4 Å². The second-order valence-electron chi connectivity index (χ2n) is 11.5. The lowest BCUT2D eigenvalue weighted by Gasteiger charge is -2.45. The molecule has 2 heterocycles. The first-order valence-corrected chi connectivity index (χ1v) is 14.3. The Labute approximate surface area is 246 Å². The first-order chi connectivity index (χ1) is 20.0. The summed E-state index contributed by atoms with van der Waals surface area (Å²) in [5.74, 6) is 0.165. The summed E-state index contributed by atoms with van der Waals surface area (Å²) < 4.78 is 20.8. The first-order valence-electron chi connectivity index (χ1n) is 14.3. The lowest BCUT2D eigenvalue weighted by Crippen LogP contribution is -2.58. The first kappa shape index (κ1) is 30.6. The van der Waals surface area contributed by atoms with E-state index in [1.807, 2.05) is 49.1 Å². The van der Waals surface area contributed by atoms with Crippen LogP contribution in [0.15, 0.2) is 66.9 Å². The number of rotatable bonds is 10. The highest BCUT2D eigenvalue weighted by molar-refractivity contribution is 5.95. The fraction of sp³-hybridized carbons (Fsp3) is 0.406. The SMILES string of the molecule is CCC(N(CCCNC(=O)OC(C)(C)C)C(=O)c1ccc(C)cc1)N1CN(Cc2cccc(F)c2)C(=O)n2cccc21. The standard InChI is InChI=1S/C32H40FN5O4/c1-6-27(38-22-35(21-24-10-7-11-26(33)20-24)31(41)37-18-8-12-28(37)38)36(29(39)25-15-13-23(2)14-16-25)19-9-17-34-30(40)42-32(3,4)5/h7-8,10-16,18,20,27H,6,9,17,19,21-22H2,1-5H3,(H,34,40). The molecule has 0 radical (unpaired) electrons. The van der Waals surface area contributed by atoms with Crippen LogP contribution in [0.3, 0.4) is 0 Å². The molecule has 0 fully saturated rings. The maximum absolute atomic E-state index is 14.0. The molecule has 1 atom stereocenters. The van der Waals surface area contributed by atoms with Crippen LogP contribution in [0.1, 0.15) is 62.0 Å². The minimum atomic E-state index is -0.608. The monoisotopic (exact) mass is 577 g/mol. The van der Waals surface area contributed by atoms with E-state index in [0.29, 0.717) is 42.9 Å². The number of benzene rings is 2. The molecule has 42 heavy (non-hydrogen) atoms. The molecule has 2 aromatic carbocycles. The average Bonchev–Trinajstić information content (AvgIpc) is 3.42. The van der Waals surface area contributed by atoms with Crippen LogP contribution in [0, 0.1) is 12.7 Å². The van der Waals surface area contributed by atoms with Crippen molar-refractivity contribution in [3.8, 4) is 0 Å². The second kappa shape index (κ2) is 13.1. The van der Waals surface area contributed by atoms with Crippen LogP contribution in [-0.2, 0) is 11.3 Å². The van der Waals surface area contributed by atoms with Crippen molar-refractivity contribution < 1.29 is 23.5 Å².